The summed E-state index contributed by atoms with van der Waals surface area (Å²) in [7, 11) is 0. The van der Waals surface area contributed by atoms with Crippen LogP contribution < -0.4 is 0 Å². The number of aryl methyl sites for hydroxylation is 1. The van der Waals surface area contributed by atoms with E-state index in [1.807, 2.05) is 0 Å². The number of rotatable bonds is 6. The summed E-state index contributed by atoms with van der Waals surface area (Å²) in [6, 6.07) is 2.17. The minimum Gasteiger partial charge on any atom is -0.388 e. The lowest BCUT2D eigenvalue weighted by atomic mass is 9.95. The predicted molar refractivity (Wildman–Crippen MR) is 77.4 cm³/mol. The minimum atomic E-state index is -0.243. The van der Waals surface area contributed by atoms with Gasteiger partial charge in [0.05, 0.1) is 12.2 Å². The second kappa shape index (κ2) is 6.58. The Morgan fingerprint density at radius 3 is 2.95 bits per heavy atom. The van der Waals surface area contributed by atoms with Crippen molar-refractivity contribution in [1.29, 1.82) is 0 Å². The Hall–Kier alpha value is -0.800. The summed E-state index contributed by atoms with van der Waals surface area (Å²) < 4.78 is 7.97. The third-order valence-electron chi connectivity index (χ3n) is 3.93. The van der Waals surface area contributed by atoms with Crippen molar-refractivity contribution < 1.29 is 9.84 Å². The average molecular weight is 265 g/mol. The molecule has 0 amide bonds. The van der Waals surface area contributed by atoms with E-state index >= 15 is 0 Å². The van der Waals surface area contributed by atoms with Crippen molar-refractivity contribution in [1.82, 2.24) is 4.57 Å². The summed E-state index contributed by atoms with van der Waals surface area (Å²) >= 11 is 0. The number of aliphatic hydroxyl groups excluding tert-OH is 1. The van der Waals surface area contributed by atoms with Gasteiger partial charge in [0, 0.05) is 30.1 Å². The SMILES string of the molecule is Cc1cc2c(n1CCCCOC(C)C)CCCC2O. The van der Waals surface area contributed by atoms with Crippen LogP contribution in [0.25, 0.3) is 0 Å². The number of aliphatic hydroxyl groups is 1. The molecular weight excluding hydrogens is 238 g/mol. The van der Waals surface area contributed by atoms with Gasteiger partial charge >= 0.3 is 0 Å². The van der Waals surface area contributed by atoms with Crippen molar-refractivity contribution >= 4 is 0 Å². The molecular formula is C16H27NO2. The molecule has 1 N–H and O–H groups in total. The number of aromatic nitrogens is 1. The zero-order valence-electron chi connectivity index (χ0n) is 12.5. The number of hydrogen-bond donors (Lipinski definition) is 1. The van der Waals surface area contributed by atoms with Crippen LogP contribution in [0.4, 0.5) is 0 Å². The van der Waals surface area contributed by atoms with Gasteiger partial charge in [0.1, 0.15) is 0 Å². The molecule has 1 aliphatic rings. The summed E-state index contributed by atoms with van der Waals surface area (Å²) in [5.74, 6) is 0. The number of unbranched alkanes of at least 4 members (excludes halogenated alkanes) is 1. The molecule has 0 saturated heterocycles. The zero-order chi connectivity index (χ0) is 13.8. The van der Waals surface area contributed by atoms with E-state index in [4.69, 9.17) is 4.74 Å². The smallest absolute Gasteiger partial charge is 0.0807 e. The van der Waals surface area contributed by atoms with Gasteiger partial charge in [-0.2, -0.15) is 0 Å². The van der Waals surface area contributed by atoms with Crippen LogP contribution in [0.5, 0.6) is 0 Å². The Balaban J connectivity index is 1.90. The molecule has 3 heteroatoms. The molecule has 3 nitrogen and oxygen atoms in total. The quantitative estimate of drug-likeness (QED) is 0.800. The molecule has 108 valence electrons. The summed E-state index contributed by atoms with van der Waals surface area (Å²) in [5, 5.41) is 10.0. The lowest BCUT2D eigenvalue weighted by Crippen LogP contribution is -2.13. The highest BCUT2D eigenvalue weighted by Gasteiger charge is 2.22. The van der Waals surface area contributed by atoms with Crippen molar-refractivity contribution in [3.63, 3.8) is 0 Å². The summed E-state index contributed by atoms with van der Waals surface area (Å²) in [4.78, 5) is 0. The molecule has 1 aromatic rings. The van der Waals surface area contributed by atoms with E-state index < -0.39 is 0 Å². The van der Waals surface area contributed by atoms with E-state index in [9.17, 15) is 5.11 Å². The number of ether oxygens (including phenoxy) is 1. The molecule has 0 aliphatic heterocycles. The third-order valence-corrected chi connectivity index (χ3v) is 3.93. The maximum atomic E-state index is 10.0. The second-order valence-corrected chi connectivity index (χ2v) is 5.87. The van der Waals surface area contributed by atoms with Gasteiger partial charge in [-0.3, -0.25) is 0 Å². The molecule has 2 rings (SSSR count). The first-order valence-electron chi connectivity index (χ1n) is 7.58. The van der Waals surface area contributed by atoms with Gasteiger partial charge in [0.25, 0.3) is 0 Å². The summed E-state index contributed by atoms with van der Waals surface area (Å²) in [6.45, 7) is 8.20. The largest absolute Gasteiger partial charge is 0.388 e. The molecule has 1 aromatic heterocycles. The van der Waals surface area contributed by atoms with Gasteiger partial charge in [-0.25, -0.2) is 0 Å². The minimum absolute atomic E-state index is 0.243. The van der Waals surface area contributed by atoms with Crippen LogP contribution in [-0.4, -0.2) is 22.4 Å². The van der Waals surface area contributed by atoms with Crippen LogP contribution in [0, 0.1) is 6.92 Å². The molecule has 0 fully saturated rings. The van der Waals surface area contributed by atoms with Crippen molar-refractivity contribution in [2.45, 2.75) is 71.6 Å². The Kier molecular flexibility index (Phi) is 5.06. The highest BCUT2D eigenvalue weighted by atomic mass is 16.5. The molecule has 19 heavy (non-hydrogen) atoms. The second-order valence-electron chi connectivity index (χ2n) is 5.87. The van der Waals surface area contributed by atoms with E-state index in [2.05, 4.69) is 31.4 Å². The van der Waals surface area contributed by atoms with Crippen molar-refractivity contribution in [2.24, 2.45) is 0 Å². The van der Waals surface area contributed by atoms with Crippen LogP contribution in [0.2, 0.25) is 0 Å². The van der Waals surface area contributed by atoms with E-state index in [1.165, 1.54) is 17.0 Å². The normalized spacial score (nSPS) is 18.9. The van der Waals surface area contributed by atoms with E-state index in [0.717, 1.165) is 45.3 Å². The lowest BCUT2D eigenvalue weighted by molar-refractivity contribution is 0.0753. The van der Waals surface area contributed by atoms with E-state index in [1.54, 1.807) is 0 Å². The molecule has 0 radical (unpaired) electrons. The Bertz CT molecular complexity index is 409. The highest BCUT2D eigenvalue weighted by molar-refractivity contribution is 5.31. The topological polar surface area (TPSA) is 34.4 Å². The van der Waals surface area contributed by atoms with E-state index in [-0.39, 0.29) is 6.10 Å². The Labute approximate surface area is 116 Å². The number of nitrogens with zero attached hydrogens (tertiary/aromatic N) is 1. The molecule has 1 aliphatic carbocycles. The summed E-state index contributed by atoms with van der Waals surface area (Å²) in [6.07, 6.45) is 5.47. The van der Waals surface area contributed by atoms with Crippen LogP contribution >= 0.6 is 0 Å². The van der Waals surface area contributed by atoms with Crippen LogP contribution in [0.1, 0.15) is 62.6 Å². The Morgan fingerprint density at radius 2 is 2.21 bits per heavy atom. The van der Waals surface area contributed by atoms with Crippen LogP contribution in [-0.2, 0) is 17.7 Å². The first-order chi connectivity index (χ1) is 9.09. The average Bonchev–Trinajstić information content (AvgIpc) is 2.67. The molecule has 1 heterocycles. The maximum Gasteiger partial charge on any atom is 0.0807 e. The molecule has 1 unspecified atom stereocenters. The van der Waals surface area contributed by atoms with Gasteiger partial charge in [-0.05, 0) is 58.9 Å². The molecule has 1 atom stereocenters. The van der Waals surface area contributed by atoms with Crippen molar-refractivity contribution in [3.05, 3.63) is 23.0 Å². The standard InChI is InChI=1S/C16H27NO2/c1-12(2)19-10-5-4-9-17-13(3)11-14-15(17)7-6-8-16(14)18/h11-12,16,18H,4-10H2,1-3H3. The van der Waals surface area contributed by atoms with E-state index in [0.29, 0.717) is 6.10 Å². The zero-order valence-corrected chi connectivity index (χ0v) is 12.5. The van der Waals surface area contributed by atoms with Gasteiger partial charge in [-0.1, -0.05) is 0 Å². The molecule has 0 aromatic carbocycles. The lowest BCUT2D eigenvalue weighted by Gasteiger charge is -2.20. The molecule has 0 spiro atoms. The van der Waals surface area contributed by atoms with Crippen LogP contribution in [0.15, 0.2) is 6.07 Å². The van der Waals surface area contributed by atoms with Gasteiger partial charge < -0.3 is 14.4 Å². The first kappa shape index (κ1) is 14.6. The van der Waals surface area contributed by atoms with Crippen LogP contribution in [0.3, 0.4) is 0 Å². The highest BCUT2D eigenvalue weighted by Crippen LogP contribution is 2.32. The maximum absolute atomic E-state index is 10.0. The number of fused-ring (bicyclic) bond motifs is 1. The fourth-order valence-corrected chi connectivity index (χ4v) is 2.94. The Morgan fingerprint density at radius 1 is 1.42 bits per heavy atom. The fourth-order valence-electron chi connectivity index (χ4n) is 2.94. The van der Waals surface area contributed by atoms with Gasteiger partial charge in [0.15, 0.2) is 0 Å². The molecule has 0 saturated carbocycles. The van der Waals surface area contributed by atoms with Gasteiger partial charge in [0.2, 0.25) is 0 Å². The monoisotopic (exact) mass is 265 g/mol. The predicted octanol–water partition coefficient (Wildman–Crippen LogP) is 3.37. The third kappa shape index (κ3) is 3.61. The van der Waals surface area contributed by atoms with Crippen molar-refractivity contribution in [2.75, 3.05) is 6.61 Å². The molecule has 0 bridgehead atoms. The number of hydrogen-bond acceptors (Lipinski definition) is 2. The van der Waals surface area contributed by atoms with Crippen molar-refractivity contribution in [3.8, 4) is 0 Å². The first-order valence-corrected chi connectivity index (χ1v) is 7.58. The summed E-state index contributed by atoms with van der Waals surface area (Å²) in [5.41, 5.74) is 3.82. The van der Waals surface area contributed by atoms with Gasteiger partial charge in [-0.15, -0.1) is 0 Å². The fraction of sp³-hybridized carbons (Fsp3) is 0.750.